The minimum Gasteiger partial charge on any atom is -0.383 e. The average molecular weight is 303 g/mol. The molecular formula is C14H17N5OS. The van der Waals surface area contributed by atoms with E-state index in [-0.39, 0.29) is 6.10 Å². The molecule has 1 fully saturated rings. The topological polar surface area (TPSA) is 88.1 Å². The van der Waals surface area contributed by atoms with Crippen molar-refractivity contribution in [3.8, 4) is 6.07 Å². The molecule has 0 radical (unpaired) electrons. The molecule has 1 aliphatic rings. The van der Waals surface area contributed by atoms with Crippen LogP contribution in [0.3, 0.4) is 0 Å². The summed E-state index contributed by atoms with van der Waals surface area (Å²) in [5.74, 6) is 1.25. The number of anilines is 1. The average Bonchev–Trinajstić information content (AvgIpc) is 2.74. The van der Waals surface area contributed by atoms with E-state index in [1.54, 1.807) is 11.3 Å². The third-order valence-corrected chi connectivity index (χ3v) is 4.86. The van der Waals surface area contributed by atoms with Crippen molar-refractivity contribution in [1.29, 1.82) is 5.26 Å². The standard InChI is InChI=1S/C14H17N5OS/c1-8-9(2)21-14-12(8)13(16)17-11(18-14)7-19-3-4-20-10(5-15)6-19/h10H,3-4,6-7H2,1-2H3,(H2,16,17,18). The molecule has 1 aliphatic heterocycles. The molecule has 110 valence electrons. The molecule has 1 unspecified atom stereocenters. The Labute approximate surface area is 127 Å². The Bertz CT molecular complexity index is 720. The molecule has 0 amide bonds. The third kappa shape index (κ3) is 2.70. The van der Waals surface area contributed by atoms with E-state index in [2.05, 4.69) is 27.9 Å². The smallest absolute Gasteiger partial charge is 0.156 e. The minimum absolute atomic E-state index is 0.369. The number of nitriles is 1. The maximum absolute atomic E-state index is 8.94. The molecular weight excluding hydrogens is 286 g/mol. The van der Waals surface area contributed by atoms with Gasteiger partial charge in [0.1, 0.15) is 16.5 Å². The number of nitrogen functional groups attached to an aromatic ring is 1. The molecule has 3 heterocycles. The van der Waals surface area contributed by atoms with Crippen LogP contribution in [0, 0.1) is 25.2 Å². The number of rotatable bonds is 2. The fraction of sp³-hybridized carbons (Fsp3) is 0.500. The van der Waals surface area contributed by atoms with Gasteiger partial charge in [-0.05, 0) is 19.4 Å². The molecule has 7 heteroatoms. The highest BCUT2D eigenvalue weighted by Gasteiger charge is 2.21. The molecule has 0 saturated carbocycles. The zero-order valence-corrected chi connectivity index (χ0v) is 12.9. The Balaban J connectivity index is 1.86. The Morgan fingerprint density at radius 2 is 2.29 bits per heavy atom. The lowest BCUT2D eigenvalue weighted by molar-refractivity contribution is -0.00353. The zero-order valence-electron chi connectivity index (χ0n) is 12.1. The van der Waals surface area contributed by atoms with Crippen LogP contribution >= 0.6 is 11.3 Å². The minimum atomic E-state index is -0.369. The van der Waals surface area contributed by atoms with Gasteiger partial charge in [0.15, 0.2) is 6.10 Å². The van der Waals surface area contributed by atoms with E-state index >= 15 is 0 Å². The first-order valence-electron chi connectivity index (χ1n) is 6.84. The molecule has 0 aromatic carbocycles. The van der Waals surface area contributed by atoms with Crippen LogP contribution in [0.1, 0.15) is 16.3 Å². The van der Waals surface area contributed by atoms with Gasteiger partial charge in [-0.3, -0.25) is 4.90 Å². The highest BCUT2D eigenvalue weighted by Crippen LogP contribution is 2.31. The van der Waals surface area contributed by atoms with Crippen molar-refractivity contribution >= 4 is 27.4 Å². The fourth-order valence-corrected chi connectivity index (χ4v) is 3.58. The van der Waals surface area contributed by atoms with Crippen molar-refractivity contribution < 1.29 is 4.74 Å². The number of aryl methyl sites for hydroxylation is 2. The molecule has 2 aromatic heterocycles. The zero-order chi connectivity index (χ0) is 15.0. The lowest BCUT2D eigenvalue weighted by atomic mass is 10.2. The van der Waals surface area contributed by atoms with E-state index in [4.69, 9.17) is 15.7 Å². The van der Waals surface area contributed by atoms with E-state index < -0.39 is 0 Å². The SMILES string of the molecule is Cc1sc2nc(CN3CCOC(C#N)C3)nc(N)c2c1C. The van der Waals surface area contributed by atoms with Gasteiger partial charge in [0.2, 0.25) is 0 Å². The summed E-state index contributed by atoms with van der Waals surface area (Å²) in [5.41, 5.74) is 7.25. The first-order chi connectivity index (χ1) is 10.1. The molecule has 0 spiro atoms. The van der Waals surface area contributed by atoms with Gasteiger partial charge in [-0.1, -0.05) is 0 Å². The van der Waals surface area contributed by atoms with Gasteiger partial charge in [0.05, 0.1) is 24.6 Å². The van der Waals surface area contributed by atoms with Crippen molar-refractivity contribution in [2.45, 2.75) is 26.5 Å². The molecule has 3 rings (SSSR count). The number of hydrogen-bond acceptors (Lipinski definition) is 7. The largest absolute Gasteiger partial charge is 0.383 e. The van der Waals surface area contributed by atoms with Crippen LogP contribution in [0.2, 0.25) is 0 Å². The molecule has 21 heavy (non-hydrogen) atoms. The van der Waals surface area contributed by atoms with Gasteiger partial charge < -0.3 is 10.5 Å². The monoisotopic (exact) mass is 303 g/mol. The van der Waals surface area contributed by atoms with Crippen LogP contribution in [0.25, 0.3) is 10.2 Å². The maximum atomic E-state index is 8.94. The van der Waals surface area contributed by atoms with Crippen LogP contribution < -0.4 is 5.73 Å². The van der Waals surface area contributed by atoms with E-state index in [1.165, 1.54) is 4.88 Å². The van der Waals surface area contributed by atoms with Crippen LogP contribution in [-0.4, -0.2) is 40.7 Å². The van der Waals surface area contributed by atoms with E-state index in [0.29, 0.717) is 31.3 Å². The summed E-state index contributed by atoms with van der Waals surface area (Å²) < 4.78 is 5.34. The highest BCUT2D eigenvalue weighted by molar-refractivity contribution is 7.18. The normalized spacial score (nSPS) is 19.8. The van der Waals surface area contributed by atoms with Gasteiger partial charge >= 0.3 is 0 Å². The van der Waals surface area contributed by atoms with Crippen LogP contribution in [0.15, 0.2) is 0 Å². The molecule has 0 bridgehead atoms. The van der Waals surface area contributed by atoms with Crippen LogP contribution in [0.5, 0.6) is 0 Å². The molecule has 2 aromatic rings. The number of nitrogens with two attached hydrogens (primary N) is 1. The van der Waals surface area contributed by atoms with Gasteiger partial charge in [0, 0.05) is 18.0 Å². The van der Waals surface area contributed by atoms with E-state index in [0.717, 1.165) is 22.3 Å². The summed E-state index contributed by atoms with van der Waals surface area (Å²) in [7, 11) is 0. The number of hydrogen-bond donors (Lipinski definition) is 1. The molecule has 1 saturated heterocycles. The van der Waals surface area contributed by atoms with Crippen molar-refractivity contribution in [3.05, 3.63) is 16.3 Å². The Morgan fingerprint density at radius 1 is 1.48 bits per heavy atom. The van der Waals surface area contributed by atoms with E-state index in [1.807, 2.05) is 6.92 Å². The lowest BCUT2D eigenvalue weighted by Gasteiger charge is -2.28. The number of fused-ring (bicyclic) bond motifs is 1. The molecule has 0 aliphatic carbocycles. The van der Waals surface area contributed by atoms with Crippen molar-refractivity contribution in [1.82, 2.24) is 14.9 Å². The Hall–Kier alpha value is -1.75. The molecule has 2 N–H and O–H groups in total. The van der Waals surface area contributed by atoms with Crippen LogP contribution in [-0.2, 0) is 11.3 Å². The second-order valence-corrected chi connectivity index (χ2v) is 6.42. The lowest BCUT2D eigenvalue weighted by Crippen LogP contribution is -2.41. The first kappa shape index (κ1) is 14.2. The maximum Gasteiger partial charge on any atom is 0.156 e. The summed E-state index contributed by atoms with van der Waals surface area (Å²) in [6.45, 7) is 6.64. The van der Waals surface area contributed by atoms with Crippen molar-refractivity contribution in [2.24, 2.45) is 0 Å². The quantitative estimate of drug-likeness (QED) is 0.907. The van der Waals surface area contributed by atoms with Gasteiger partial charge in [-0.25, -0.2) is 9.97 Å². The number of ether oxygens (including phenoxy) is 1. The van der Waals surface area contributed by atoms with Crippen LogP contribution in [0.4, 0.5) is 5.82 Å². The van der Waals surface area contributed by atoms with Crippen molar-refractivity contribution in [3.63, 3.8) is 0 Å². The third-order valence-electron chi connectivity index (χ3n) is 3.76. The summed E-state index contributed by atoms with van der Waals surface area (Å²) >= 11 is 1.65. The highest BCUT2D eigenvalue weighted by atomic mass is 32.1. The van der Waals surface area contributed by atoms with Crippen molar-refractivity contribution in [2.75, 3.05) is 25.4 Å². The predicted molar refractivity (Wildman–Crippen MR) is 81.9 cm³/mol. The van der Waals surface area contributed by atoms with E-state index in [9.17, 15) is 0 Å². The number of nitrogens with zero attached hydrogens (tertiary/aromatic N) is 4. The van der Waals surface area contributed by atoms with Gasteiger partial charge in [-0.2, -0.15) is 5.26 Å². The second-order valence-electron chi connectivity index (χ2n) is 5.21. The number of thiophene rings is 1. The Kier molecular flexibility index (Phi) is 3.76. The molecule has 1 atom stereocenters. The summed E-state index contributed by atoms with van der Waals surface area (Å²) in [6, 6.07) is 2.14. The summed E-state index contributed by atoms with van der Waals surface area (Å²) in [5, 5.41) is 9.91. The number of morpholine rings is 1. The first-order valence-corrected chi connectivity index (χ1v) is 7.65. The predicted octanol–water partition coefficient (Wildman–Crippen LogP) is 1.61. The fourth-order valence-electron chi connectivity index (χ4n) is 2.52. The summed E-state index contributed by atoms with van der Waals surface area (Å²) in [6.07, 6.45) is -0.369. The van der Waals surface area contributed by atoms with Gasteiger partial charge in [-0.15, -0.1) is 11.3 Å². The second kappa shape index (κ2) is 5.56. The Morgan fingerprint density at radius 3 is 3.05 bits per heavy atom. The summed E-state index contributed by atoms with van der Waals surface area (Å²) in [4.78, 5) is 13.3. The molecule has 6 nitrogen and oxygen atoms in total. The number of aromatic nitrogens is 2. The van der Waals surface area contributed by atoms with Gasteiger partial charge in [0.25, 0.3) is 0 Å².